The average molecular weight is 461 g/mol. The number of carbonyl (C=O) groups excluding carboxylic acids is 3. The highest BCUT2D eigenvalue weighted by atomic mass is 19.4. The maximum Gasteiger partial charge on any atom is 0.433 e. The zero-order chi connectivity index (χ0) is 23.8. The Morgan fingerprint density at radius 3 is 2.58 bits per heavy atom. The molecule has 1 aromatic carbocycles. The minimum absolute atomic E-state index is 0.0273. The van der Waals surface area contributed by atoms with Crippen LogP contribution in [0.4, 0.5) is 18.9 Å². The summed E-state index contributed by atoms with van der Waals surface area (Å²) in [6.45, 7) is 0.346. The first kappa shape index (κ1) is 22.8. The molecule has 2 heterocycles. The number of rotatable bonds is 5. The minimum Gasteiger partial charge on any atom is -0.495 e. The molecule has 174 valence electrons. The topological polar surface area (TPSA) is 88.6 Å². The van der Waals surface area contributed by atoms with Crippen molar-refractivity contribution in [2.45, 2.75) is 44.4 Å². The van der Waals surface area contributed by atoms with Crippen LogP contribution < -0.4 is 10.1 Å². The van der Waals surface area contributed by atoms with Crippen LogP contribution in [0.3, 0.4) is 0 Å². The molecular weight excluding hydrogens is 439 g/mol. The Morgan fingerprint density at radius 1 is 1.21 bits per heavy atom. The highest BCUT2D eigenvalue weighted by Crippen LogP contribution is 2.37. The number of alkyl halides is 3. The second-order valence-electron chi connectivity index (χ2n) is 8.21. The molecule has 1 N–H and O–H groups in total. The van der Waals surface area contributed by atoms with Crippen LogP contribution in [0.1, 0.15) is 57.8 Å². The highest BCUT2D eigenvalue weighted by molar-refractivity contribution is 6.05. The highest BCUT2D eigenvalue weighted by Gasteiger charge is 2.36. The van der Waals surface area contributed by atoms with Crippen LogP contribution in [-0.4, -0.2) is 41.1 Å². The first-order valence-corrected chi connectivity index (χ1v) is 10.5. The quantitative estimate of drug-likeness (QED) is 0.678. The van der Waals surface area contributed by atoms with Gasteiger partial charge in [0.25, 0.3) is 11.8 Å². The number of carbonyl (C=O) groups is 3. The van der Waals surface area contributed by atoms with E-state index in [0.29, 0.717) is 17.7 Å². The Kier molecular flexibility index (Phi) is 6.09. The minimum atomic E-state index is -4.67. The molecule has 1 aromatic heterocycles. The average Bonchev–Trinajstić information content (AvgIpc) is 3.13. The lowest BCUT2D eigenvalue weighted by Crippen LogP contribution is -2.38. The third kappa shape index (κ3) is 4.55. The van der Waals surface area contributed by atoms with Gasteiger partial charge in [-0.2, -0.15) is 13.2 Å². The molecule has 7 nitrogen and oxygen atoms in total. The Hall–Kier alpha value is -3.43. The van der Waals surface area contributed by atoms with Crippen molar-refractivity contribution >= 4 is 23.8 Å². The molecule has 1 fully saturated rings. The summed E-state index contributed by atoms with van der Waals surface area (Å²) in [7, 11) is 1.37. The van der Waals surface area contributed by atoms with Gasteiger partial charge in [-0.3, -0.25) is 9.59 Å². The Balaban J connectivity index is 1.55. The van der Waals surface area contributed by atoms with E-state index in [-0.39, 0.29) is 29.3 Å². The van der Waals surface area contributed by atoms with Crippen molar-refractivity contribution in [3.05, 3.63) is 52.8 Å². The van der Waals surface area contributed by atoms with Gasteiger partial charge in [-0.1, -0.05) is 6.07 Å². The summed E-state index contributed by atoms with van der Waals surface area (Å²) in [5.41, 5.74) is -0.177. The Bertz CT molecular complexity index is 1090. The first-order valence-electron chi connectivity index (χ1n) is 10.5. The molecule has 2 aromatic rings. The van der Waals surface area contributed by atoms with E-state index in [2.05, 4.69) is 10.3 Å². The van der Waals surface area contributed by atoms with Crippen molar-refractivity contribution in [3.8, 4) is 5.75 Å². The molecule has 33 heavy (non-hydrogen) atoms. The maximum absolute atomic E-state index is 13.0. The molecule has 0 unspecified atom stereocenters. The third-order valence-corrected chi connectivity index (χ3v) is 6.15. The van der Waals surface area contributed by atoms with Gasteiger partial charge >= 0.3 is 6.18 Å². The molecule has 10 heteroatoms. The third-order valence-electron chi connectivity index (χ3n) is 6.15. The largest absolute Gasteiger partial charge is 0.495 e. The number of aromatic nitrogens is 1. The van der Waals surface area contributed by atoms with E-state index in [1.54, 1.807) is 11.0 Å². The van der Waals surface area contributed by atoms with E-state index in [1.807, 2.05) is 0 Å². The van der Waals surface area contributed by atoms with Crippen LogP contribution in [0.15, 0.2) is 30.3 Å². The van der Waals surface area contributed by atoms with E-state index >= 15 is 0 Å². The fraction of sp³-hybridized carbons (Fsp3) is 0.391. The summed E-state index contributed by atoms with van der Waals surface area (Å²) >= 11 is 0. The first-order chi connectivity index (χ1) is 15.7. The molecule has 1 saturated carbocycles. The summed E-state index contributed by atoms with van der Waals surface area (Å²) < 4.78 is 44.1. The van der Waals surface area contributed by atoms with Crippen LogP contribution in [0.2, 0.25) is 0 Å². The number of fused-ring (bicyclic) bond motifs is 1. The molecule has 0 bridgehead atoms. The molecule has 1 aliphatic carbocycles. The van der Waals surface area contributed by atoms with E-state index in [9.17, 15) is 27.6 Å². The predicted molar refractivity (Wildman–Crippen MR) is 112 cm³/mol. The fourth-order valence-corrected chi connectivity index (χ4v) is 4.38. The van der Waals surface area contributed by atoms with Gasteiger partial charge in [-0.25, -0.2) is 4.98 Å². The van der Waals surface area contributed by atoms with Crippen molar-refractivity contribution in [3.63, 3.8) is 0 Å². The standard InChI is InChI=1S/C23H22F3N3O4/c1-33-19-10-16-14(11-29(22(16)32)15-7-5-13(12-30)6-8-15)9-18(19)28-21(31)17-3-2-4-20(27-17)23(24,25)26/h2-4,9-10,12-13,15H,5-8,11H2,1H3,(H,28,31). The molecule has 2 aliphatic rings. The number of anilines is 1. The van der Waals surface area contributed by atoms with Gasteiger partial charge in [-0.05, 0) is 55.5 Å². The van der Waals surface area contributed by atoms with Crippen LogP contribution in [-0.2, 0) is 17.5 Å². The zero-order valence-electron chi connectivity index (χ0n) is 17.8. The van der Waals surface area contributed by atoms with Gasteiger partial charge in [0, 0.05) is 24.1 Å². The monoisotopic (exact) mass is 461 g/mol. The molecule has 0 radical (unpaired) electrons. The molecule has 1 aliphatic heterocycles. The number of methoxy groups -OCH3 is 1. The summed E-state index contributed by atoms with van der Waals surface area (Å²) in [6, 6.07) is 6.25. The number of benzene rings is 1. The van der Waals surface area contributed by atoms with Crippen LogP contribution in [0.25, 0.3) is 0 Å². The van der Waals surface area contributed by atoms with Gasteiger partial charge in [0.05, 0.1) is 12.8 Å². The number of halogens is 3. The number of ether oxygens (including phenoxy) is 1. The van der Waals surface area contributed by atoms with Crippen molar-refractivity contribution in [2.24, 2.45) is 5.92 Å². The van der Waals surface area contributed by atoms with Crippen LogP contribution in [0, 0.1) is 5.92 Å². The van der Waals surface area contributed by atoms with Crippen molar-refractivity contribution in [2.75, 3.05) is 12.4 Å². The molecule has 0 saturated heterocycles. The lowest BCUT2D eigenvalue weighted by atomic mass is 9.86. The van der Waals surface area contributed by atoms with Crippen LogP contribution in [0.5, 0.6) is 5.75 Å². The van der Waals surface area contributed by atoms with E-state index in [0.717, 1.165) is 44.1 Å². The number of aldehydes is 1. The Morgan fingerprint density at radius 2 is 1.94 bits per heavy atom. The van der Waals surface area contributed by atoms with Gasteiger partial charge in [0.2, 0.25) is 0 Å². The van der Waals surface area contributed by atoms with Gasteiger partial charge in [0.15, 0.2) is 0 Å². The smallest absolute Gasteiger partial charge is 0.433 e. The molecule has 4 rings (SSSR count). The Labute approximate surface area is 187 Å². The lowest BCUT2D eigenvalue weighted by molar-refractivity contribution is -0.141. The second kappa shape index (κ2) is 8.84. The van der Waals surface area contributed by atoms with E-state index in [4.69, 9.17) is 4.74 Å². The molecular formula is C23H22F3N3O4. The maximum atomic E-state index is 13.0. The van der Waals surface area contributed by atoms with E-state index in [1.165, 1.54) is 19.2 Å². The van der Waals surface area contributed by atoms with Gasteiger partial charge in [-0.15, -0.1) is 0 Å². The zero-order valence-corrected chi connectivity index (χ0v) is 17.8. The summed E-state index contributed by atoms with van der Waals surface area (Å²) in [5.74, 6) is -0.718. The van der Waals surface area contributed by atoms with Crippen molar-refractivity contribution < 1.29 is 32.3 Å². The number of nitrogens with one attached hydrogen (secondary N) is 1. The number of hydrogen-bond acceptors (Lipinski definition) is 5. The summed E-state index contributed by atoms with van der Waals surface area (Å²) in [6.07, 6.45) is -0.742. The number of amides is 2. The van der Waals surface area contributed by atoms with E-state index < -0.39 is 23.5 Å². The van der Waals surface area contributed by atoms with Gasteiger partial charge < -0.3 is 19.7 Å². The second-order valence-corrected chi connectivity index (χ2v) is 8.21. The van der Waals surface area contributed by atoms with Crippen molar-refractivity contribution in [1.29, 1.82) is 0 Å². The number of hydrogen-bond donors (Lipinski definition) is 1. The summed E-state index contributed by atoms with van der Waals surface area (Å²) in [4.78, 5) is 41.8. The molecule has 2 amide bonds. The lowest BCUT2D eigenvalue weighted by Gasteiger charge is -2.32. The number of pyridine rings is 1. The fourth-order valence-electron chi connectivity index (χ4n) is 4.38. The van der Waals surface area contributed by atoms with Crippen molar-refractivity contribution in [1.82, 2.24) is 9.88 Å². The predicted octanol–water partition coefficient (Wildman–Crippen LogP) is 4.07. The van der Waals surface area contributed by atoms with Crippen LogP contribution >= 0.6 is 0 Å². The molecule has 0 spiro atoms. The summed E-state index contributed by atoms with van der Waals surface area (Å²) in [5, 5.41) is 2.55. The number of nitrogens with zero attached hydrogens (tertiary/aromatic N) is 2. The SMILES string of the molecule is COc1cc2c(cc1NC(=O)c1cccc(C(F)(F)F)n1)CN(C1CCC(C=O)CC1)C2=O. The van der Waals surface area contributed by atoms with Gasteiger partial charge in [0.1, 0.15) is 23.4 Å². The molecule has 0 atom stereocenters. The normalized spacial score (nSPS) is 20.4.